The lowest BCUT2D eigenvalue weighted by Gasteiger charge is -2.17. The van der Waals surface area contributed by atoms with E-state index in [-0.39, 0.29) is 17.7 Å². The van der Waals surface area contributed by atoms with Crippen LogP contribution in [0.2, 0.25) is 0 Å². The quantitative estimate of drug-likeness (QED) is 0.572. The first-order chi connectivity index (χ1) is 14.2. The van der Waals surface area contributed by atoms with Gasteiger partial charge in [-0.15, -0.1) is 10.2 Å². The van der Waals surface area contributed by atoms with Gasteiger partial charge in [-0.05, 0) is 18.1 Å². The van der Waals surface area contributed by atoms with Crippen molar-refractivity contribution in [2.24, 2.45) is 11.8 Å². The predicted molar refractivity (Wildman–Crippen MR) is 106 cm³/mol. The maximum Gasteiger partial charge on any atom is 0.229 e. The molecule has 0 bridgehead atoms. The Bertz CT molecular complexity index is 1150. The first-order valence-electron chi connectivity index (χ1n) is 9.38. The standard InChI is InChI=1S/C20H19N7O2/c1-13-9-27(18-19-25-23-11-26(19)6-5-22-18)10-16(13)20(28)24-15-4-2-3-14(7-15)17-8-21-12-29-17/h2-8,11-13,16H,9-10H2,1H3,(H,24,28). The van der Waals surface area contributed by atoms with E-state index in [0.29, 0.717) is 18.0 Å². The molecule has 1 fully saturated rings. The molecule has 1 aliphatic heterocycles. The van der Waals surface area contributed by atoms with Crippen LogP contribution in [0.3, 0.4) is 0 Å². The summed E-state index contributed by atoms with van der Waals surface area (Å²) >= 11 is 0. The van der Waals surface area contributed by atoms with Crippen LogP contribution in [0, 0.1) is 11.8 Å². The minimum Gasteiger partial charge on any atom is -0.444 e. The van der Waals surface area contributed by atoms with Crippen LogP contribution >= 0.6 is 0 Å². The Kier molecular flexibility index (Phi) is 4.19. The van der Waals surface area contributed by atoms with Gasteiger partial charge in [0, 0.05) is 36.7 Å². The fraction of sp³-hybridized carbons (Fsp3) is 0.250. The zero-order valence-corrected chi connectivity index (χ0v) is 15.8. The van der Waals surface area contributed by atoms with Crippen LogP contribution in [0.25, 0.3) is 17.0 Å². The topological polar surface area (TPSA) is 101 Å². The Morgan fingerprint density at radius 2 is 2.24 bits per heavy atom. The van der Waals surface area contributed by atoms with Crippen LogP contribution in [0.1, 0.15) is 6.92 Å². The van der Waals surface area contributed by atoms with Gasteiger partial charge in [-0.3, -0.25) is 9.20 Å². The monoisotopic (exact) mass is 389 g/mol. The summed E-state index contributed by atoms with van der Waals surface area (Å²) in [6, 6.07) is 7.55. The van der Waals surface area contributed by atoms with Crippen molar-refractivity contribution in [3.8, 4) is 11.3 Å². The van der Waals surface area contributed by atoms with Crippen molar-refractivity contribution in [2.45, 2.75) is 6.92 Å². The molecule has 1 amide bonds. The maximum absolute atomic E-state index is 13.0. The van der Waals surface area contributed by atoms with Gasteiger partial charge < -0.3 is 14.6 Å². The minimum atomic E-state index is -0.158. The van der Waals surface area contributed by atoms with Gasteiger partial charge in [0.15, 0.2) is 18.0 Å². The molecule has 9 heteroatoms. The second-order valence-corrected chi connectivity index (χ2v) is 7.24. The summed E-state index contributed by atoms with van der Waals surface area (Å²) in [7, 11) is 0. The average molecular weight is 389 g/mol. The number of fused-ring (bicyclic) bond motifs is 1. The summed E-state index contributed by atoms with van der Waals surface area (Å²) in [5.74, 6) is 1.42. The fourth-order valence-electron chi connectivity index (χ4n) is 3.79. The van der Waals surface area contributed by atoms with E-state index in [1.54, 1.807) is 18.7 Å². The summed E-state index contributed by atoms with van der Waals surface area (Å²) in [5.41, 5.74) is 2.29. The number of carbonyl (C=O) groups is 1. The van der Waals surface area contributed by atoms with Crippen LogP contribution in [-0.2, 0) is 4.79 Å². The molecular weight excluding hydrogens is 370 g/mol. The van der Waals surface area contributed by atoms with Crippen LogP contribution in [0.4, 0.5) is 11.5 Å². The van der Waals surface area contributed by atoms with Gasteiger partial charge in [-0.25, -0.2) is 9.97 Å². The van der Waals surface area contributed by atoms with Gasteiger partial charge in [-0.1, -0.05) is 19.1 Å². The smallest absolute Gasteiger partial charge is 0.229 e. The van der Waals surface area contributed by atoms with Crippen molar-refractivity contribution in [3.05, 3.63) is 55.6 Å². The van der Waals surface area contributed by atoms with Crippen LogP contribution < -0.4 is 10.2 Å². The average Bonchev–Trinajstić information content (AvgIpc) is 3.48. The van der Waals surface area contributed by atoms with E-state index >= 15 is 0 Å². The number of hydrogen-bond acceptors (Lipinski definition) is 7. The Hall–Kier alpha value is -3.75. The highest BCUT2D eigenvalue weighted by molar-refractivity contribution is 5.94. The number of carbonyl (C=O) groups excluding carboxylic acids is 1. The zero-order valence-electron chi connectivity index (χ0n) is 15.8. The first-order valence-corrected chi connectivity index (χ1v) is 9.38. The van der Waals surface area contributed by atoms with Gasteiger partial charge in [0.25, 0.3) is 0 Å². The molecule has 0 radical (unpaired) electrons. The molecule has 1 saturated heterocycles. The molecule has 4 heterocycles. The van der Waals surface area contributed by atoms with Crippen molar-refractivity contribution in [1.29, 1.82) is 0 Å². The van der Waals surface area contributed by atoms with Gasteiger partial charge in [-0.2, -0.15) is 0 Å². The molecule has 3 aromatic heterocycles. The second kappa shape index (κ2) is 7.01. The number of aromatic nitrogens is 5. The Labute approximate surface area is 166 Å². The highest BCUT2D eigenvalue weighted by atomic mass is 16.3. The largest absolute Gasteiger partial charge is 0.444 e. The molecule has 5 rings (SSSR count). The van der Waals surface area contributed by atoms with Gasteiger partial charge in [0.05, 0.1) is 12.1 Å². The van der Waals surface area contributed by atoms with Crippen molar-refractivity contribution in [3.63, 3.8) is 0 Å². The highest BCUT2D eigenvalue weighted by Crippen LogP contribution is 2.30. The molecule has 146 valence electrons. The molecule has 4 aromatic rings. The summed E-state index contributed by atoms with van der Waals surface area (Å²) in [4.78, 5) is 23.5. The normalized spacial score (nSPS) is 19.0. The van der Waals surface area contributed by atoms with Crippen LogP contribution in [0.5, 0.6) is 0 Å². The lowest BCUT2D eigenvalue weighted by atomic mass is 9.97. The number of benzene rings is 1. The molecule has 29 heavy (non-hydrogen) atoms. The van der Waals surface area contributed by atoms with Crippen LogP contribution in [-0.4, -0.2) is 43.6 Å². The third-order valence-electron chi connectivity index (χ3n) is 5.29. The van der Waals surface area contributed by atoms with Crippen molar-refractivity contribution in [1.82, 2.24) is 24.6 Å². The predicted octanol–water partition coefficient (Wildman–Crippen LogP) is 2.49. The summed E-state index contributed by atoms with van der Waals surface area (Å²) in [6.07, 6.45) is 8.21. The number of hydrogen-bond donors (Lipinski definition) is 1. The van der Waals surface area contributed by atoms with Crippen molar-refractivity contribution in [2.75, 3.05) is 23.3 Å². The Morgan fingerprint density at radius 3 is 3.10 bits per heavy atom. The molecule has 1 N–H and O–H groups in total. The fourth-order valence-corrected chi connectivity index (χ4v) is 3.79. The maximum atomic E-state index is 13.0. The molecule has 0 spiro atoms. The lowest BCUT2D eigenvalue weighted by molar-refractivity contribution is -0.120. The van der Waals surface area contributed by atoms with Gasteiger partial charge in [0.2, 0.25) is 11.6 Å². The van der Waals surface area contributed by atoms with E-state index in [2.05, 4.69) is 37.3 Å². The van der Waals surface area contributed by atoms with E-state index in [1.165, 1.54) is 6.39 Å². The molecule has 9 nitrogen and oxygen atoms in total. The molecule has 1 aromatic carbocycles. The molecule has 1 aliphatic rings. The van der Waals surface area contributed by atoms with Gasteiger partial charge >= 0.3 is 0 Å². The van der Waals surface area contributed by atoms with E-state index < -0.39 is 0 Å². The zero-order chi connectivity index (χ0) is 19.8. The van der Waals surface area contributed by atoms with E-state index in [9.17, 15) is 4.79 Å². The first kappa shape index (κ1) is 17.4. The molecule has 0 saturated carbocycles. The lowest BCUT2D eigenvalue weighted by Crippen LogP contribution is -2.29. The number of nitrogens with zero attached hydrogens (tertiary/aromatic N) is 6. The molecule has 0 aliphatic carbocycles. The molecular formula is C20H19N7O2. The summed E-state index contributed by atoms with van der Waals surface area (Å²) in [6.45, 7) is 3.39. The van der Waals surface area contributed by atoms with E-state index in [0.717, 1.165) is 23.6 Å². The number of nitrogens with one attached hydrogen (secondary N) is 1. The van der Waals surface area contributed by atoms with E-state index in [4.69, 9.17) is 4.42 Å². The van der Waals surface area contributed by atoms with Crippen molar-refractivity contribution < 1.29 is 9.21 Å². The van der Waals surface area contributed by atoms with Crippen molar-refractivity contribution >= 4 is 23.1 Å². The Morgan fingerprint density at radius 1 is 1.31 bits per heavy atom. The van der Waals surface area contributed by atoms with Gasteiger partial charge in [0.1, 0.15) is 6.33 Å². The SMILES string of the molecule is CC1CN(c2nccn3cnnc23)CC1C(=O)Nc1cccc(-c2cnco2)c1. The summed E-state index contributed by atoms with van der Waals surface area (Å²) < 4.78 is 7.17. The highest BCUT2D eigenvalue weighted by Gasteiger charge is 2.36. The number of rotatable bonds is 4. The number of anilines is 2. The third-order valence-corrected chi connectivity index (χ3v) is 5.29. The number of amides is 1. The van der Waals surface area contributed by atoms with E-state index in [1.807, 2.05) is 34.9 Å². The van der Waals surface area contributed by atoms with Crippen LogP contribution in [0.15, 0.2) is 60.0 Å². The number of oxazole rings is 1. The minimum absolute atomic E-state index is 0.0110. The Balaban J connectivity index is 1.33. The third kappa shape index (κ3) is 3.20. The second-order valence-electron chi connectivity index (χ2n) is 7.24. The molecule has 2 atom stereocenters. The summed E-state index contributed by atoms with van der Waals surface area (Å²) in [5, 5.41) is 11.1. The molecule has 2 unspecified atom stereocenters.